The maximum Gasteiger partial charge on any atom is 0.248 e. The number of nitrogens with zero attached hydrogens (tertiary/aromatic N) is 3. The lowest BCUT2D eigenvalue weighted by Gasteiger charge is -2.37. The first kappa shape index (κ1) is 26.9. The van der Waals surface area contributed by atoms with Crippen molar-refractivity contribution in [3.63, 3.8) is 0 Å². The van der Waals surface area contributed by atoms with Crippen LogP contribution in [0.2, 0.25) is 10.0 Å². The molecule has 0 radical (unpaired) electrons. The number of piperidine rings is 1. The topological polar surface area (TPSA) is 70.2 Å². The van der Waals surface area contributed by atoms with E-state index in [0.717, 1.165) is 37.1 Å². The van der Waals surface area contributed by atoms with E-state index in [2.05, 4.69) is 4.90 Å². The molecule has 0 bridgehead atoms. The Morgan fingerprint density at radius 3 is 2.35 bits per heavy atom. The number of carbonyl (C=O) groups is 1. The second-order valence-electron chi connectivity index (χ2n) is 10.1. The van der Waals surface area contributed by atoms with Crippen molar-refractivity contribution in [2.24, 2.45) is 0 Å². The van der Waals surface area contributed by atoms with E-state index in [0.29, 0.717) is 17.5 Å². The summed E-state index contributed by atoms with van der Waals surface area (Å²) in [5, 5.41) is 0.486. The second-order valence-corrected chi connectivity index (χ2v) is 12.8. The normalized spacial score (nSPS) is 21.8. The highest BCUT2D eigenvalue weighted by Crippen LogP contribution is 2.32. The van der Waals surface area contributed by atoms with Gasteiger partial charge in [0.05, 0.1) is 27.6 Å². The van der Waals surface area contributed by atoms with E-state index in [1.54, 1.807) is 0 Å². The Balaban J connectivity index is 1.23. The Morgan fingerprint density at radius 2 is 1.65 bits per heavy atom. The van der Waals surface area contributed by atoms with E-state index in [1.165, 1.54) is 48.4 Å². The van der Waals surface area contributed by atoms with Crippen molar-refractivity contribution in [2.45, 2.75) is 55.6 Å². The molecule has 200 valence electrons. The number of hydrogen-bond donors (Lipinski definition) is 0. The Morgan fingerprint density at radius 1 is 0.946 bits per heavy atom. The molecule has 37 heavy (non-hydrogen) atoms. The molecule has 0 spiro atoms. The van der Waals surface area contributed by atoms with Gasteiger partial charge in [0.25, 0.3) is 0 Å². The van der Waals surface area contributed by atoms with Crippen LogP contribution >= 0.6 is 23.2 Å². The molecule has 5 rings (SSSR count). The average molecular weight is 567 g/mol. The maximum atomic E-state index is 13.6. The Bertz CT molecular complexity index is 1230. The van der Waals surface area contributed by atoms with Crippen LogP contribution in [0, 0.1) is 0 Å². The summed E-state index contributed by atoms with van der Waals surface area (Å²) in [5.41, 5.74) is 2.05. The van der Waals surface area contributed by atoms with Crippen molar-refractivity contribution in [3.05, 3.63) is 63.6 Å². The molecule has 7 nitrogen and oxygen atoms in total. The van der Waals surface area contributed by atoms with E-state index in [4.69, 9.17) is 27.9 Å². The molecule has 1 atom stereocenters. The standard InChI is InChI=1S/C27H33Cl2N3O4S/c28-25-8-7-24(16-26(25)29)37(34,35)32-17-21-6-2-1-5-20(21)15-23(32)18-36-19-27(33)31-13-9-22(10-14-31)30-11-3-4-12-30/h1-2,5-8,16,22-23H,3-4,9-15,17-19H2. The smallest absolute Gasteiger partial charge is 0.248 e. The number of rotatable bonds is 7. The fourth-order valence-corrected chi connectivity index (χ4v) is 7.70. The lowest BCUT2D eigenvalue weighted by Crippen LogP contribution is -2.48. The van der Waals surface area contributed by atoms with Gasteiger partial charge in [0.1, 0.15) is 6.61 Å². The van der Waals surface area contributed by atoms with Crippen molar-refractivity contribution in [3.8, 4) is 0 Å². The summed E-state index contributed by atoms with van der Waals surface area (Å²) in [7, 11) is -3.87. The number of halogens is 2. The SMILES string of the molecule is O=C(COCC1Cc2ccccc2CN1S(=O)(=O)c1ccc(Cl)c(Cl)c1)N1CCC(N2CCCC2)CC1. The molecule has 1 unspecified atom stereocenters. The highest BCUT2D eigenvalue weighted by atomic mass is 35.5. The third kappa shape index (κ3) is 6.00. The minimum Gasteiger partial charge on any atom is -0.370 e. The number of carbonyl (C=O) groups excluding carboxylic acids is 1. The highest BCUT2D eigenvalue weighted by Gasteiger charge is 2.36. The zero-order chi connectivity index (χ0) is 26.0. The zero-order valence-electron chi connectivity index (χ0n) is 20.8. The van der Waals surface area contributed by atoms with Crippen LogP contribution in [-0.4, -0.2) is 79.9 Å². The first-order valence-corrected chi connectivity index (χ1v) is 15.2. The molecule has 0 N–H and O–H groups in total. The summed E-state index contributed by atoms with van der Waals surface area (Å²) < 4.78 is 34.6. The van der Waals surface area contributed by atoms with Gasteiger partial charge in [-0.3, -0.25) is 4.79 Å². The molecule has 0 aromatic heterocycles. The number of benzene rings is 2. The van der Waals surface area contributed by atoms with Crippen molar-refractivity contribution in [1.82, 2.24) is 14.1 Å². The van der Waals surface area contributed by atoms with E-state index in [-0.39, 0.29) is 35.6 Å². The van der Waals surface area contributed by atoms with Crippen LogP contribution in [-0.2, 0) is 32.5 Å². The molecule has 1 amide bonds. The molecule has 10 heteroatoms. The van der Waals surface area contributed by atoms with Gasteiger partial charge in [0, 0.05) is 25.7 Å². The molecule has 2 fully saturated rings. The molecule has 2 aromatic carbocycles. The van der Waals surface area contributed by atoms with Crippen molar-refractivity contribution < 1.29 is 17.9 Å². The highest BCUT2D eigenvalue weighted by molar-refractivity contribution is 7.89. The van der Waals surface area contributed by atoms with E-state index in [1.807, 2.05) is 29.2 Å². The van der Waals surface area contributed by atoms with Crippen LogP contribution < -0.4 is 0 Å². The van der Waals surface area contributed by atoms with Crippen LogP contribution in [0.15, 0.2) is 47.4 Å². The average Bonchev–Trinajstić information content (AvgIpc) is 3.45. The monoisotopic (exact) mass is 565 g/mol. The van der Waals surface area contributed by atoms with Crippen molar-refractivity contribution in [2.75, 3.05) is 39.4 Å². The molecule has 0 aliphatic carbocycles. The van der Waals surface area contributed by atoms with Crippen LogP contribution in [0.4, 0.5) is 0 Å². The molecule has 3 aliphatic heterocycles. The fraction of sp³-hybridized carbons (Fsp3) is 0.519. The molecule has 3 heterocycles. The van der Waals surface area contributed by atoms with Crippen molar-refractivity contribution >= 4 is 39.1 Å². The van der Waals surface area contributed by atoms with Gasteiger partial charge in [0.15, 0.2) is 0 Å². The molecular formula is C27H33Cl2N3O4S. The van der Waals surface area contributed by atoms with Gasteiger partial charge in [0.2, 0.25) is 15.9 Å². The number of sulfonamides is 1. The molecule has 3 aliphatic rings. The van der Waals surface area contributed by atoms with Crippen LogP contribution in [0.5, 0.6) is 0 Å². The second kappa shape index (κ2) is 11.6. The van der Waals surface area contributed by atoms with E-state index < -0.39 is 16.1 Å². The quantitative estimate of drug-likeness (QED) is 0.503. The van der Waals surface area contributed by atoms with Crippen molar-refractivity contribution in [1.29, 1.82) is 0 Å². The van der Waals surface area contributed by atoms with Crippen LogP contribution in [0.3, 0.4) is 0 Å². The number of hydrogen-bond acceptors (Lipinski definition) is 5. The van der Waals surface area contributed by atoms with E-state index in [9.17, 15) is 13.2 Å². The van der Waals surface area contributed by atoms with Gasteiger partial charge in [-0.2, -0.15) is 4.31 Å². The lowest BCUT2D eigenvalue weighted by atomic mass is 9.96. The van der Waals surface area contributed by atoms with Gasteiger partial charge in [-0.15, -0.1) is 0 Å². The van der Waals surface area contributed by atoms with Gasteiger partial charge < -0.3 is 14.5 Å². The van der Waals surface area contributed by atoms with Gasteiger partial charge >= 0.3 is 0 Å². The summed E-state index contributed by atoms with van der Waals surface area (Å²) in [6.07, 6.45) is 5.06. The molecular weight excluding hydrogens is 533 g/mol. The lowest BCUT2D eigenvalue weighted by molar-refractivity contribution is -0.138. The van der Waals surface area contributed by atoms with Gasteiger partial charge in [-0.25, -0.2) is 8.42 Å². The van der Waals surface area contributed by atoms with Gasteiger partial charge in [-0.1, -0.05) is 47.5 Å². The summed E-state index contributed by atoms with van der Waals surface area (Å²) in [5.74, 6) is -0.0324. The van der Waals surface area contributed by atoms with Crippen LogP contribution in [0.1, 0.15) is 36.8 Å². The first-order valence-electron chi connectivity index (χ1n) is 13.0. The third-order valence-electron chi connectivity index (χ3n) is 7.82. The van der Waals surface area contributed by atoms with E-state index >= 15 is 0 Å². The Hall–Kier alpha value is -1.68. The molecule has 2 aromatic rings. The van der Waals surface area contributed by atoms with Gasteiger partial charge in [-0.05, 0) is 74.5 Å². The largest absolute Gasteiger partial charge is 0.370 e. The predicted molar refractivity (Wildman–Crippen MR) is 144 cm³/mol. The van der Waals surface area contributed by atoms with Crippen LogP contribution in [0.25, 0.3) is 0 Å². The zero-order valence-corrected chi connectivity index (χ0v) is 23.1. The first-order chi connectivity index (χ1) is 17.8. The summed E-state index contributed by atoms with van der Waals surface area (Å²) in [6.45, 7) is 4.15. The summed E-state index contributed by atoms with van der Waals surface area (Å²) >= 11 is 12.1. The summed E-state index contributed by atoms with van der Waals surface area (Å²) in [4.78, 5) is 17.4. The molecule has 2 saturated heterocycles. The third-order valence-corrected chi connectivity index (χ3v) is 10.4. The number of fused-ring (bicyclic) bond motifs is 1. The Kier molecular flexibility index (Phi) is 8.43. The number of amides is 1. The Labute approximate surface area is 229 Å². The summed E-state index contributed by atoms with van der Waals surface area (Å²) in [6, 6.07) is 12.3. The maximum absolute atomic E-state index is 13.6. The number of likely N-dealkylation sites (tertiary alicyclic amines) is 2. The predicted octanol–water partition coefficient (Wildman–Crippen LogP) is 4.21. The minimum absolute atomic E-state index is 0.0324. The fourth-order valence-electron chi connectivity index (χ4n) is 5.72. The minimum atomic E-state index is -3.87. The molecule has 0 saturated carbocycles. The number of ether oxygens (including phenoxy) is 1.